The highest BCUT2D eigenvalue weighted by Crippen LogP contribution is 2.32. The van der Waals surface area contributed by atoms with Crippen LogP contribution in [0.3, 0.4) is 0 Å². The van der Waals surface area contributed by atoms with E-state index in [1.54, 1.807) is 19.9 Å². The normalized spacial score (nSPS) is 15.0. The summed E-state index contributed by atoms with van der Waals surface area (Å²) in [5.74, 6) is -1.50. The lowest BCUT2D eigenvalue weighted by molar-refractivity contribution is -0.149. The number of ether oxygens (including phenoxy) is 3. The number of hydrogen-bond donors (Lipinski definition) is 2. The predicted molar refractivity (Wildman–Crippen MR) is 105 cm³/mol. The molecule has 3 N–H and O–H groups in total. The number of carbonyl (C=O) groups is 2. The number of carbonyl (C=O) groups excluding carboxylic acids is 2. The van der Waals surface area contributed by atoms with Crippen molar-refractivity contribution in [2.45, 2.75) is 31.7 Å². The van der Waals surface area contributed by atoms with E-state index in [0.717, 1.165) is 0 Å². The van der Waals surface area contributed by atoms with E-state index in [1.165, 1.54) is 25.1 Å². The third-order valence-corrected chi connectivity index (χ3v) is 5.60. The highest BCUT2D eigenvalue weighted by molar-refractivity contribution is 7.89. The molecule has 1 aromatic rings. The van der Waals surface area contributed by atoms with Crippen molar-refractivity contribution < 1.29 is 32.2 Å². The van der Waals surface area contributed by atoms with Gasteiger partial charge in [-0.25, -0.2) is 8.42 Å². The van der Waals surface area contributed by atoms with Gasteiger partial charge in [0.2, 0.25) is 15.8 Å². The summed E-state index contributed by atoms with van der Waals surface area (Å²) in [4.78, 5) is 24.3. The molecule has 0 saturated carbocycles. The van der Waals surface area contributed by atoms with E-state index >= 15 is 0 Å². The van der Waals surface area contributed by atoms with Crippen molar-refractivity contribution in [1.82, 2.24) is 4.72 Å². The SMILES string of the molecule is CC(N)=C(C#N)C(=O)COC(=O)C(NS(=O)(=O)c1ccc2c(c1)OCCO2)C(C)C. The quantitative estimate of drug-likeness (QED) is 0.338. The molecule has 1 unspecified atom stereocenters. The number of fused-ring (bicyclic) bond motifs is 1. The number of nitrogens with one attached hydrogen (secondary N) is 1. The molecule has 162 valence electrons. The predicted octanol–water partition coefficient (Wildman–Crippen LogP) is 0.629. The van der Waals surface area contributed by atoms with Crippen molar-refractivity contribution in [1.29, 1.82) is 5.26 Å². The zero-order valence-corrected chi connectivity index (χ0v) is 17.6. The van der Waals surface area contributed by atoms with Crippen LogP contribution in [0.1, 0.15) is 20.8 Å². The number of nitrogens with two attached hydrogens (primary N) is 1. The highest BCUT2D eigenvalue weighted by Gasteiger charge is 2.31. The van der Waals surface area contributed by atoms with Crippen LogP contribution in [0.5, 0.6) is 11.5 Å². The van der Waals surface area contributed by atoms with E-state index in [4.69, 9.17) is 25.2 Å². The molecule has 0 aliphatic carbocycles. The second-order valence-electron chi connectivity index (χ2n) is 6.85. The first-order valence-corrected chi connectivity index (χ1v) is 10.5. The minimum Gasteiger partial charge on any atom is -0.486 e. The van der Waals surface area contributed by atoms with E-state index in [2.05, 4.69) is 4.72 Å². The number of esters is 1. The van der Waals surface area contributed by atoms with Crippen LogP contribution >= 0.6 is 0 Å². The molecular weight excluding hydrogens is 414 g/mol. The molecule has 11 heteroatoms. The summed E-state index contributed by atoms with van der Waals surface area (Å²) < 4.78 is 43.5. The van der Waals surface area contributed by atoms with Crippen LogP contribution in [0.4, 0.5) is 0 Å². The topological polar surface area (TPSA) is 158 Å². The molecule has 2 rings (SSSR count). The Bertz CT molecular complexity index is 1010. The summed E-state index contributed by atoms with van der Waals surface area (Å²) in [6.07, 6.45) is 0. The Kier molecular flexibility index (Phi) is 7.42. The summed E-state index contributed by atoms with van der Waals surface area (Å²) in [6, 6.07) is 4.48. The first-order valence-electron chi connectivity index (χ1n) is 9.05. The molecule has 0 amide bonds. The first kappa shape index (κ1) is 23.2. The van der Waals surface area contributed by atoms with E-state index in [0.29, 0.717) is 19.0 Å². The summed E-state index contributed by atoms with van der Waals surface area (Å²) in [5, 5.41) is 8.93. The van der Waals surface area contributed by atoms with Crippen LogP contribution in [0.15, 0.2) is 34.4 Å². The molecule has 1 aliphatic heterocycles. The minimum atomic E-state index is -4.11. The van der Waals surface area contributed by atoms with Crippen LogP contribution in [-0.4, -0.2) is 46.0 Å². The van der Waals surface area contributed by atoms with Gasteiger partial charge in [0.25, 0.3) is 0 Å². The van der Waals surface area contributed by atoms with Crippen LogP contribution in [0, 0.1) is 17.2 Å². The molecule has 0 aromatic heterocycles. The van der Waals surface area contributed by atoms with Crippen LogP contribution in [0.25, 0.3) is 0 Å². The van der Waals surface area contributed by atoms with Crippen LogP contribution in [0.2, 0.25) is 0 Å². The molecule has 0 bridgehead atoms. The molecule has 1 atom stereocenters. The third-order valence-electron chi connectivity index (χ3n) is 4.16. The summed E-state index contributed by atoms with van der Waals surface area (Å²) in [7, 11) is -4.11. The standard InChI is InChI=1S/C19H23N3O7S/c1-11(2)18(19(24)29-10-15(23)14(9-20)12(3)21)22-30(25,26)13-4-5-16-17(8-13)28-7-6-27-16/h4-5,8,11,18,22H,6-7,10,21H2,1-3H3. The fraction of sp³-hybridized carbons (Fsp3) is 0.421. The van der Waals surface area contributed by atoms with Gasteiger partial charge >= 0.3 is 5.97 Å². The Morgan fingerprint density at radius 2 is 1.90 bits per heavy atom. The molecule has 10 nitrogen and oxygen atoms in total. The van der Waals surface area contributed by atoms with Gasteiger partial charge in [-0.15, -0.1) is 0 Å². The Morgan fingerprint density at radius 1 is 1.27 bits per heavy atom. The van der Waals surface area contributed by atoms with Crippen molar-refractivity contribution in [3.05, 3.63) is 29.5 Å². The fourth-order valence-corrected chi connectivity index (χ4v) is 3.90. The number of rotatable bonds is 8. The van der Waals surface area contributed by atoms with Gasteiger partial charge in [0.15, 0.2) is 18.1 Å². The molecule has 0 fully saturated rings. The number of allylic oxidation sites excluding steroid dienone is 1. The molecular formula is C19H23N3O7S. The maximum absolute atomic E-state index is 12.8. The summed E-state index contributed by atoms with van der Waals surface area (Å²) in [5.41, 5.74) is 5.12. The smallest absolute Gasteiger partial charge is 0.324 e. The van der Waals surface area contributed by atoms with Gasteiger partial charge in [0.1, 0.15) is 30.9 Å². The minimum absolute atomic E-state index is 0.00160. The second-order valence-corrected chi connectivity index (χ2v) is 8.56. The van der Waals surface area contributed by atoms with Crippen LogP contribution < -0.4 is 19.9 Å². The average Bonchev–Trinajstić information content (AvgIpc) is 2.70. The molecule has 0 saturated heterocycles. The van der Waals surface area contributed by atoms with Gasteiger partial charge < -0.3 is 19.9 Å². The van der Waals surface area contributed by atoms with Crippen molar-refractivity contribution in [2.24, 2.45) is 11.7 Å². The van der Waals surface area contributed by atoms with E-state index in [1.807, 2.05) is 0 Å². The number of nitriles is 1. The maximum Gasteiger partial charge on any atom is 0.324 e. The average molecular weight is 437 g/mol. The number of hydrogen-bond acceptors (Lipinski definition) is 9. The first-order chi connectivity index (χ1) is 14.1. The lowest BCUT2D eigenvalue weighted by Gasteiger charge is -2.22. The van der Waals surface area contributed by atoms with E-state index in [-0.39, 0.29) is 21.9 Å². The summed E-state index contributed by atoms with van der Waals surface area (Å²) >= 11 is 0. The zero-order chi connectivity index (χ0) is 22.5. The largest absolute Gasteiger partial charge is 0.486 e. The third kappa shape index (κ3) is 5.49. The molecule has 30 heavy (non-hydrogen) atoms. The van der Waals surface area contributed by atoms with E-state index < -0.39 is 40.3 Å². The lowest BCUT2D eigenvalue weighted by Crippen LogP contribution is -2.45. The summed E-state index contributed by atoms with van der Waals surface area (Å²) in [6.45, 7) is 4.53. The van der Waals surface area contributed by atoms with Gasteiger partial charge in [-0.1, -0.05) is 13.8 Å². The molecule has 1 aromatic carbocycles. The maximum atomic E-state index is 12.8. The number of nitrogens with zero attached hydrogens (tertiary/aromatic N) is 1. The van der Waals surface area contributed by atoms with Gasteiger partial charge in [-0.3, -0.25) is 9.59 Å². The monoisotopic (exact) mass is 437 g/mol. The Labute approximate surface area is 174 Å². The van der Waals surface area contributed by atoms with E-state index in [9.17, 15) is 18.0 Å². The second kappa shape index (κ2) is 9.60. The van der Waals surface area contributed by atoms with Crippen molar-refractivity contribution in [3.8, 4) is 17.6 Å². The molecule has 1 aliphatic rings. The molecule has 0 radical (unpaired) electrons. The highest BCUT2D eigenvalue weighted by atomic mass is 32.2. The molecule has 1 heterocycles. The Hall–Kier alpha value is -3.10. The lowest BCUT2D eigenvalue weighted by atomic mass is 10.1. The van der Waals surface area contributed by atoms with Crippen LogP contribution in [-0.2, 0) is 24.3 Å². The fourth-order valence-electron chi connectivity index (χ4n) is 2.55. The Balaban J connectivity index is 2.14. The number of benzene rings is 1. The van der Waals surface area contributed by atoms with Gasteiger partial charge in [-0.05, 0) is 25.0 Å². The number of sulfonamides is 1. The molecule has 0 spiro atoms. The van der Waals surface area contributed by atoms with Crippen molar-refractivity contribution in [2.75, 3.05) is 19.8 Å². The zero-order valence-electron chi connectivity index (χ0n) is 16.8. The van der Waals surface area contributed by atoms with Gasteiger partial charge in [0, 0.05) is 11.8 Å². The number of ketones is 1. The van der Waals surface area contributed by atoms with Crippen molar-refractivity contribution in [3.63, 3.8) is 0 Å². The van der Waals surface area contributed by atoms with Gasteiger partial charge in [0.05, 0.1) is 4.90 Å². The van der Waals surface area contributed by atoms with Gasteiger partial charge in [-0.2, -0.15) is 9.98 Å². The Morgan fingerprint density at radius 3 is 2.47 bits per heavy atom. The van der Waals surface area contributed by atoms with Crippen molar-refractivity contribution >= 4 is 21.8 Å². The number of Topliss-reactive ketones (excluding diaryl/α,β-unsaturated/α-hetero) is 1.